The number of anilines is 1. The summed E-state index contributed by atoms with van der Waals surface area (Å²) in [5, 5.41) is 0. The monoisotopic (exact) mass is 372 g/mol. The number of benzene rings is 1. The second-order valence-electron chi connectivity index (χ2n) is 7.34. The molecule has 0 fully saturated rings. The van der Waals surface area contributed by atoms with Gasteiger partial charge in [-0.2, -0.15) is 0 Å². The van der Waals surface area contributed by atoms with Gasteiger partial charge in [0.25, 0.3) is 0 Å². The first-order valence-electron chi connectivity index (χ1n) is 9.15. The molecule has 0 bridgehead atoms. The van der Waals surface area contributed by atoms with Crippen LogP contribution in [0.25, 0.3) is 0 Å². The van der Waals surface area contributed by atoms with Gasteiger partial charge in [0.05, 0.1) is 17.9 Å². The Balaban J connectivity index is 1.93. The van der Waals surface area contributed by atoms with Gasteiger partial charge in [0.15, 0.2) is 5.69 Å². The van der Waals surface area contributed by atoms with Gasteiger partial charge in [0, 0.05) is 12.7 Å². The topological polar surface area (TPSA) is 83.5 Å². The van der Waals surface area contributed by atoms with Crippen molar-refractivity contribution in [2.45, 2.75) is 52.7 Å². The molecule has 27 heavy (non-hydrogen) atoms. The Labute approximate surface area is 160 Å². The Bertz CT molecular complexity index is 786. The molecule has 0 unspecified atom stereocenters. The van der Waals surface area contributed by atoms with Crippen molar-refractivity contribution in [2.24, 2.45) is 0 Å². The molecule has 6 nitrogen and oxygen atoms in total. The van der Waals surface area contributed by atoms with Crippen LogP contribution in [-0.4, -0.2) is 28.7 Å². The van der Waals surface area contributed by atoms with E-state index < -0.39 is 11.6 Å². The maximum Gasteiger partial charge on any atom is 0.357 e. The van der Waals surface area contributed by atoms with Crippen LogP contribution in [0.1, 0.15) is 60.5 Å². The maximum absolute atomic E-state index is 12.0. The molecule has 0 aliphatic carbocycles. The van der Waals surface area contributed by atoms with Crippen molar-refractivity contribution in [3.8, 4) is 0 Å². The zero-order valence-electron chi connectivity index (χ0n) is 16.5. The summed E-state index contributed by atoms with van der Waals surface area (Å²) in [7, 11) is 0. The molecule has 0 atom stereocenters. The fraction of sp³-hybridized carbons (Fsp3) is 0.429. The summed E-state index contributed by atoms with van der Waals surface area (Å²) in [6, 6.07) is 9.12. The quantitative estimate of drug-likeness (QED) is 0.747. The van der Waals surface area contributed by atoms with E-state index in [4.69, 9.17) is 15.2 Å². The Hall–Kier alpha value is -2.76. The molecule has 0 aliphatic heterocycles. The van der Waals surface area contributed by atoms with E-state index in [-0.39, 0.29) is 5.97 Å². The summed E-state index contributed by atoms with van der Waals surface area (Å²) >= 11 is 0. The number of esters is 2. The highest BCUT2D eigenvalue weighted by Gasteiger charge is 2.18. The van der Waals surface area contributed by atoms with Crippen molar-refractivity contribution in [1.29, 1.82) is 0 Å². The Morgan fingerprint density at radius 1 is 1.07 bits per heavy atom. The number of carbonyl (C=O) groups is 2. The van der Waals surface area contributed by atoms with E-state index in [1.807, 2.05) is 37.5 Å². The summed E-state index contributed by atoms with van der Waals surface area (Å²) in [6.07, 6.45) is 3.44. The van der Waals surface area contributed by atoms with E-state index in [2.05, 4.69) is 0 Å². The number of nitrogens with zero attached hydrogens (tertiary/aromatic N) is 1. The van der Waals surface area contributed by atoms with Gasteiger partial charge < -0.3 is 19.8 Å². The van der Waals surface area contributed by atoms with Gasteiger partial charge in [-0.3, -0.25) is 0 Å². The van der Waals surface area contributed by atoms with Gasteiger partial charge in [0.2, 0.25) is 0 Å². The van der Waals surface area contributed by atoms with Crippen LogP contribution in [-0.2, 0) is 22.4 Å². The van der Waals surface area contributed by atoms with Gasteiger partial charge in [-0.1, -0.05) is 12.1 Å². The highest BCUT2D eigenvalue weighted by Crippen LogP contribution is 2.17. The lowest BCUT2D eigenvalue weighted by Crippen LogP contribution is -2.23. The van der Waals surface area contributed by atoms with Crippen molar-refractivity contribution in [1.82, 2.24) is 4.57 Å². The van der Waals surface area contributed by atoms with E-state index in [0.717, 1.165) is 18.4 Å². The number of rotatable bonds is 7. The molecule has 1 aromatic heterocycles. The van der Waals surface area contributed by atoms with Gasteiger partial charge in [0.1, 0.15) is 5.60 Å². The lowest BCUT2D eigenvalue weighted by atomic mass is 10.1. The number of hydrogen-bond donors (Lipinski definition) is 1. The van der Waals surface area contributed by atoms with Crippen LogP contribution >= 0.6 is 0 Å². The zero-order chi connectivity index (χ0) is 20.0. The average molecular weight is 372 g/mol. The molecule has 6 heteroatoms. The van der Waals surface area contributed by atoms with Crippen LogP contribution in [0.2, 0.25) is 0 Å². The summed E-state index contributed by atoms with van der Waals surface area (Å²) in [5.74, 6) is -0.724. The standard InChI is InChI=1S/C21H28N2O4/c1-5-26-20(25)18-17(22)12-14-23(18)13-6-7-15-8-10-16(11-9-15)19(24)27-21(2,3)4/h8-12,14H,5-7,13,22H2,1-4H3. The molecule has 2 rings (SSSR count). The second-order valence-corrected chi connectivity index (χ2v) is 7.34. The zero-order valence-corrected chi connectivity index (χ0v) is 16.5. The predicted octanol–water partition coefficient (Wildman–Crippen LogP) is 3.84. The van der Waals surface area contributed by atoms with Gasteiger partial charge in [-0.15, -0.1) is 0 Å². The van der Waals surface area contributed by atoms with Crippen LogP contribution in [0.3, 0.4) is 0 Å². The molecule has 146 valence electrons. The summed E-state index contributed by atoms with van der Waals surface area (Å²) in [4.78, 5) is 24.1. The van der Waals surface area contributed by atoms with Crippen LogP contribution in [0, 0.1) is 0 Å². The minimum absolute atomic E-state index is 0.313. The molecule has 0 amide bonds. The lowest BCUT2D eigenvalue weighted by Gasteiger charge is -2.19. The number of aryl methyl sites for hydroxylation is 2. The first-order valence-corrected chi connectivity index (χ1v) is 9.15. The molecule has 0 radical (unpaired) electrons. The van der Waals surface area contributed by atoms with Crippen LogP contribution in [0.5, 0.6) is 0 Å². The minimum Gasteiger partial charge on any atom is -0.461 e. The fourth-order valence-electron chi connectivity index (χ4n) is 2.71. The van der Waals surface area contributed by atoms with E-state index in [0.29, 0.717) is 30.1 Å². The van der Waals surface area contributed by atoms with Crippen LogP contribution in [0.15, 0.2) is 36.5 Å². The number of hydrogen-bond acceptors (Lipinski definition) is 5. The van der Waals surface area contributed by atoms with Crippen molar-refractivity contribution < 1.29 is 19.1 Å². The SMILES string of the molecule is CCOC(=O)c1c(N)ccn1CCCc1ccc(C(=O)OC(C)(C)C)cc1. The molecule has 2 N–H and O–H groups in total. The Kier molecular flexibility index (Phi) is 6.66. The van der Waals surface area contributed by atoms with Crippen molar-refractivity contribution >= 4 is 17.6 Å². The normalized spacial score (nSPS) is 11.3. The summed E-state index contributed by atoms with van der Waals surface area (Å²) in [5.41, 5.74) is 7.85. The van der Waals surface area contributed by atoms with Crippen LogP contribution in [0.4, 0.5) is 5.69 Å². The molecule has 0 saturated carbocycles. The average Bonchev–Trinajstić information content (AvgIpc) is 2.95. The number of nitrogen functional groups attached to an aromatic ring is 1. The van der Waals surface area contributed by atoms with Gasteiger partial charge in [-0.05, 0) is 64.3 Å². The lowest BCUT2D eigenvalue weighted by molar-refractivity contribution is 0.00692. The largest absolute Gasteiger partial charge is 0.461 e. The molecular weight excluding hydrogens is 344 g/mol. The molecular formula is C21H28N2O4. The molecule has 0 saturated heterocycles. The smallest absolute Gasteiger partial charge is 0.357 e. The predicted molar refractivity (Wildman–Crippen MR) is 105 cm³/mol. The highest BCUT2D eigenvalue weighted by molar-refractivity contribution is 5.93. The summed E-state index contributed by atoms with van der Waals surface area (Å²) < 4.78 is 12.2. The van der Waals surface area contributed by atoms with Crippen LogP contribution < -0.4 is 5.73 Å². The summed E-state index contributed by atoms with van der Waals surface area (Å²) in [6.45, 7) is 8.27. The van der Waals surface area contributed by atoms with Crippen molar-refractivity contribution in [3.63, 3.8) is 0 Å². The van der Waals surface area contributed by atoms with E-state index in [1.54, 1.807) is 31.3 Å². The third-order valence-corrected chi connectivity index (χ3v) is 3.92. The van der Waals surface area contributed by atoms with Gasteiger partial charge >= 0.3 is 11.9 Å². The molecule has 2 aromatic rings. The Morgan fingerprint density at radius 3 is 2.33 bits per heavy atom. The third-order valence-electron chi connectivity index (χ3n) is 3.92. The number of nitrogens with two attached hydrogens (primary N) is 1. The highest BCUT2D eigenvalue weighted by atomic mass is 16.6. The van der Waals surface area contributed by atoms with Crippen molar-refractivity contribution in [3.05, 3.63) is 53.3 Å². The number of aromatic nitrogens is 1. The molecule has 1 heterocycles. The Morgan fingerprint density at radius 2 is 1.74 bits per heavy atom. The third kappa shape index (κ3) is 5.88. The number of carbonyl (C=O) groups excluding carboxylic acids is 2. The molecule has 0 spiro atoms. The number of ether oxygens (including phenoxy) is 2. The molecule has 0 aliphatic rings. The maximum atomic E-state index is 12.0. The second kappa shape index (κ2) is 8.75. The molecule has 1 aromatic carbocycles. The first-order chi connectivity index (χ1) is 12.7. The minimum atomic E-state index is -0.509. The first kappa shape index (κ1) is 20.6. The van der Waals surface area contributed by atoms with E-state index in [9.17, 15) is 9.59 Å². The van der Waals surface area contributed by atoms with E-state index in [1.165, 1.54) is 0 Å². The van der Waals surface area contributed by atoms with Crippen molar-refractivity contribution in [2.75, 3.05) is 12.3 Å². The van der Waals surface area contributed by atoms with Gasteiger partial charge in [-0.25, -0.2) is 9.59 Å². The van der Waals surface area contributed by atoms with E-state index >= 15 is 0 Å². The fourth-order valence-corrected chi connectivity index (χ4v) is 2.71.